The average Bonchev–Trinajstić information content (AvgIpc) is 2.95. The number of phosphoric ester groups is 1. The van der Waals surface area contributed by atoms with Crippen LogP contribution < -0.4 is 4.89 Å². The fraction of sp³-hybridized carbons (Fsp3) is 0.882. The van der Waals surface area contributed by atoms with Crippen LogP contribution in [0.3, 0.4) is 0 Å². The number of allylic oxidation sites excluding steroid dienone is 2. The molecule has 0 fully saturated rings. The van der Waals surface area contributed by atoms with Gasteiger partial charge in [0.1, 0.15) is 19.8 Å². The summed E-state index contributed by atoms with van der Waals surface area (Å²) < 4.78 is 33.6. The van der Waals surface area contributed by atoms with Crippen molar-refractivity contribution in [2.45, 2.75) is 148 Å². The first-order valence-corrected chi connectivity index (χ1v) is 18.9. The fourth-order valence-electron chi connectivity index (χ4n) is 4.48. The maximum absolute atomic E-state index is 12.5. The molecule has 0 radical (unpaired) electrons. The van der Waals surface area contributed by atoms with E-state index in [4.69, 9.17) is 18.5 Å². The number of phosphoric acid groups is 1. The zero-order chi connectivity index (χ0) is 32.9. The smallest absolute Gasteiger partial charge is 0.306 e. The molecule has 0 N–H and O–H groups in total. The van der Waals surface area contributed by atoms with Gasteiger partial charge in [-0.25, -0.2) is 0 Å². The molecule has 0 amide bonds. The minimum Gasteiger partial charge on any atom is -0.756 e. The van der Waals surface area contributed by atoms with E-state index in [2.05, 4.69) is 26.0 Å². The maximum Gasteiger partial charge on any atom is 0.306 e. The lowest BCUT2D eigenvalue weighted by Gasteiger charge is -2.28. The Morgan fingerprint density at radius 1 is 0.682 bits per heavy atom. The lowest BCUT2D eigenvalue weighted by atomic mass is 10.1. The molecule has 0 aromatic carbocycles. The number of ether oxygens (including phenoxy) is 2. The van der Waals surface area contributed by atoms with Gasteiger partial charge in [0.15, 0.2) is 6.10 Å². The minimum atomic E-state index is -4.61. The summed E-state index contributed by atoms with van der Waals surface area (Å²) in [5.41, 5.74) is 0. The molecule has 260 valence electrons. The van der Waals surface area contributed by atoms with E-state index < -0.39 is 26.5 Å². The first-order chi connectivity index (χ1) is 21.0. The number of carbonyl (C=O) groups is 2. The molecule has 44 heavy (non-hydrogen) atoms. The number of carbonyl (C=O) groups excluding carboxylic acids is 2. The third-order valence-corrected chi connectivity index (χ3v) is 8.23. The maximum atomic E-state index is 12.5. The van der Waals surface area contributed by atoms with Gasteiger partial charge in [-0.3, -0.25) is 14.2 Å². The highest BCUT2D eigenvalue weighted by molar-refractivity contribution is 7.45. The van der Waals surface area contributed by atoms with E-state index in [9.17, 15) is 19.0 Å². The van der Waals surface area contributed by atoms with Gasteiger partial charge in [-0.15, -0.1) is 0 Å². The summed E-state index contributed by atoms with van der Waals surface area (Å²) in [4.78, 5) is 37.1. The topological polar surface area (TPSA) is 111 Å². The number of esters is 2. The van der Waals surface area contributed by atoms with Gasteiger partial charge in [-0.2, -0.15) is 0 Å². The summed E-state index contributed by atoms with van der Waals surface area (Å²) in [7, 11) is 1.16. The first kappa shape index (κ1) is 42.8. The highest BCUT2D eigenvalue weighted by Gasteiger charge is 2.21. The van der Waals surface area contributed by atoms with Crippen molar-refractivity contribution in [2.75, 3.05) is 47.5 Å². The van der Waals surface area contributed by atoms with Crippen molar-refractivity contribution < 1.29 is 42.1 Å². The number of hydrogen-bond donors (Lipinski definition) is 0. The van der Waals surface area contributed by atoms with Crippen LogP contribution in [0.5, 0.6) is 0 Å². The van der Waals surface area contributed by atoms with Crippen molar-refractivity contribution >= 4 is 19.8 Å². The molecule has 0 aromatic heterocycles. The van der Waals surface area contributed by atoms with E-state index >= 15 is 0 Å². The number of nitrogens with zero attached hydrogens (tertiary/aromatic N) is 1. The van der Waals surface area contributed by atoms with Crippen LogP contribution in [-0.2, 0) is 32.7 Å². The normalized spacial score (nSPS) is 14.0. The lowest BCUT2D eigenvalue weighted by molar-refractivity contribution is -0.870. The molecule has 0 spiro atoms. The van der Waals surface area contributed by atoms with Crippen molar-refractivity contribution in [3.63, 3.8) is 0 Å². The predicted octanol–water partition coefficient (Wildman–Crippen LogP) is 8.05. The zero-order valence-electron chi connectivity index (χ0n) is 28.9. The molecular weight excluding hydrogens is 581 g/mol. The number of likely N-dealkylation sites (N-methyl/N-ethyl adjacent to an activating group) is 1. The van der Waals surface area contributed by atoms with Gasteiger partial charge < -0.3 is 27.9 Å². The number of hydrogen-bond acceptors (Lipinski definition) is 8. The summed E-state index contributed by atoms with van der Waals surface area (Å²) in [6.07, 6.45) is 23.9. The Morgan fingerprint density at radius 3 is 1.77 bits per heavy atom. The largest absolute Gasteiger partial charge is 0.756 e. The molecule has 0 rings (SSSR count). The summed E-state index contributed by atoms with van der Waals surface area (Å²) in [5, 5.41) is 0. The molecule has 0 saturated heterocycles. The highest BCUT2D eigenvalue weighted by atomic mass is 31.2. The molecule has 9 nitrogen and oxygen atoms in total. The van der Waals surface area contributed by atoms with Crippen LogP contribution in [-0.4, -0.2) is 70.0 Å². The standard InChI is InChI=1S/C34H66NO8P/c1-6-8-10-12-14-16-18-20-22-24-26-33(36)40-30-32(31-42-44(38,39)41-29-28-35(3,4)5)43-34(37)27-25-23-21-19-17-15-13-11-9-7-2/h11,13,32H,6-10,12,14-31H2,1-5H3/b13-11-. The van der Waals surface area contributed by atoms with Crippen LogP contribution in [0.4, 0.5) is 0 Å². The van der Waals surface area contributed by atoms with Gasteiger partial charge >= 0.3 is 11.9 Å². The molecule has 0 aromatic rings. The van der Waals surface area contributed by atoms with Gasteiger partial charge in [0, 0.05) is 12.8 Å². The Bertz CT molecular complexity index is 784. The monoisotopic (exact) mass is 647 g/mol. The highest BCUT2D eigenvalue weighted by Crippen LogP contribution is 2.38. The Morgan fingerprint density at radius 2 is 1.20 bits per heavy atom. The van der Waals surface area contributed by atoms with Crippen LogP contribution in [0.2, 0.25) is 0 Å². The van der Waals surface area contributed by atoms with Crippen LogP contribution in [0, 0.1) is 0 Å². The van der Waals surface area contributed by atoms with E-state index in [-0.39, 0.29) is 32.0 Å². The SMILES string of the molecule is CCC/C=C\CCCCCCCC(=O)OC(COC(=O)CCCCCCCCCCCC)COP(=O)([O-])OCC[N+](C)(C)C. The molecule has 0 aliphatic heterocycles. The van der Waals surface area contributed by atoms with E-state index in [0.29, 0.717) is 17.4 Å². The Kier molecular flexibility index (Phi) is 27.2. The van der Waals surface area contributed by atoms with Crippen molar-refractivity contribution in [3.8, 4) is 0 Å². The van der Waals surface area contributed by atoms with Crippen LogP contribution in [0.1, 0.15) is 142 Å². The molecular formula is C34H66NO8P. The Balaban J connectivity index is 4.50. The van der Waals surface area contributed by atoms with E-state index in [0.717, 1.165) is 57.8 Å². The predicted molar refractivity (Wildman–Crippen MR) is 176 cm³/mol. The van der Waals surface area contributed by atoms with Gasteiger partial charge in [0.05, 0.1) is 27.7 Å². The lowest BCUT2D eigenvalue weighted by Crippen LogP contribution is -2.37. The number of quaternary nitrogens is 1. The van der Waals surface area contributed by atoms with Crippen molar-refractivity contribution in [2.24, 2.45) is 0 Å². The molecule has 2 atom stereocenters. The second-order valence-corrected chi connectivity index (χ2v) is 14.3. The number of unbranched alkanes of at least 4 members (excludes halogenated alkanes) is 15. The average molecular weight is 648 g/mol. The minimum absolute atomic E-state index is 0.0302. The number of rotatable bonds is 31. The summed E-state index contributed by atoms with van der Waals surface area (Å²) in [6.45, 7) is 4.11. The molecule has 0 heterocycles. The third kappa shape index (κ3) is 30.8. The summed E-state index contributed by atoms with van der Waals surface area (Å²) in [5.74, 6) is -0.849. The van der Waals surface area contributed by atoms with Crippen LogP contribution >= 0.6 is 7.82 Å². The molecule has 0 aliphatic rings. The molecule has 0 bridgehead atoms. The van der Waals surface area contributed by atoms with Crippen LogP contribution in [0.15, 0.2) is 12.2 Å². The van der Waals surface area contributed by atoms with Crippen molar-refractivity contribution in [3.05, 3.63) is 12.2 Å². The quantitative estimate of drug-likeness (QED) is 0.0244. The molecule has 0 saturated carbocycles. The van der Waals surface area contributed by atoms with E-state index in [1.54, 1.807) is 0 Å². The van der Waals surface area contributed by atoms with E-state index in [1.165, 1.54) is 51.4 Å². The second kappa shape index (κ2) is 28.0. The van der Waals surface area contributed by atoms with Gasteiger partial charge in [0.25, 0.3) is 7.82 Å². The summed E-state index contributed by atoms with van der Waals surface area (Å²) in [6, 6.07) is 0. The van der Waals surface area contributed by atoms with Gasteiger partial charge in [-0.05, 0) is 32.1 Å². The molecule has 10 heteroatoms. The third-order valence-electron chi connectivity index (χ3n) is 7.27. The van der Waals surface area contributed by atoms with Crippen molar-refractivity contribution in [1.82, 2.24) is 0 Å². The van der Waals surface area contributed by atoms with E-state index in [1.807, 2.05) is 21.1 Å². The van der Waals surface area contributed by atoms with Crippen LogP contribution in [0.25, 0.3) is 0 Å². The Hall–Kier alpha value is -1.25. The van der Waals surface area contributed by atoms with Gasteiger partial charge in [0.2, 0.25) is 0 Å². The Labute approximate surface area is 269 Å². The zero-order valence-corrected chi connectivity index (χ0v) is 29.8. The fourth-order valence-corrected chi connectivity index (χ4v) is 5.21. The molecule has 0 aliphatic carbocycles. The second-order valence-electron chi connectivity index (χ2n) is 12.9. The molecule has 2 unspecified atom stereocenters. The van der Waals surface area contributed by atoms with Gasteiger partial charge in [-0.1, -0.05) is 109 Å². The first-order valence-electron chi connectivity index (χ1n) is 17.4. The summed E-state index contributed by atoms with van der Waals surface area (Å²) >= 11 is 0. The van der Waals surface area contributed by atoms with Crippen molar-refractivity contribution in [1.29, 1.82) is 0 Å².